The fraction of sp³-hybridized carbons (Fsp3) is 0.375. The number of alkyl halides is 3. The summed E-state index contributed by atoms with van der Waals surface area (Å²) >= 11 is 5.90. The van der Waals surface area contributed by atoms with E-state index in [2.05, 4.69) is 20.1 Å². The number of benzene rings is 1. The molecule has 194 valence electrons. The molecular formula is C24H23ClF3N7O2. The van der Waals surface area contributed by atoms with Crippen LogP contribution in [-0.2, 0) is 11.7 Å². The molecule has 0 unspecified atom stereocenters. The molecular weight excluding hydrogens is 511 g/mol. The summed E-state index contributed by atoms with van der Waals surface area (Å²) < 4.78 is 49.2. The zero-order valence-electron chi connectivity index (χ0n) is 20.3. The van der Waals surface area contributed by atoms with Gasteiger partial charge in [0, 0.05) is 37.3 Å². The number of hydrogen-bond acceptors (Lipinski definition) is 7. The Morgan fingerprint density at radius 3 is 2.41 bits per heavy atom. The van der Waals surface area contributed by atoms with Gasteiger partial charge in [0.1, 0.15) is 11.5 Å². The topological polar surface area (TPSA) is 93.2 Å². The normalized spacial score (nSPS) is 15.0. The maximum atomic E-state index is 14.0. The van der Waals surface area contributed by atoms with E-state index in [9.17, 15) is 18.0 Å². The molecule has 0 radical (unpaired) electrons. The summed E-state index contributed by atoms with van der Waals surface area (Å²) in [6.45, 7) is 6.96. The van der Waals surface area contributed by atoms with Gasteiger partial charge in [-0.1, -0.05) is 11.6 Å². The SMILES string of the molecule is CC(C)(C)n1cnc(-c2ccc(C(=O)N3CCN(c4nc5nc(Cl)ccc5o4)CC3)cc2C(F)(F)F)n1. The van der Waals surface area contributed by atoms with Crippen molar-refractivity contribution in [3.05, 3.63) is 52.9 Å². The van der Waals surface area contributed by atoms with E-state index in [0.29, 0.717) is 35.5 Å². The predicted octanol–water partition coefficient (Wildman–Crippen LogP) is 4.87. The van der Waals surface area contributed by atoms with Crippen molar-refractivity contribution in [1.29, 1.82) is 0 Å². The lowest BCUT2D eigenvalue weighted by Gasteiger charge is -2.34. The molecule has 3 aromatic heterocycles. The summed E-state index contributed by atoms with van der Waals surface area (Å²) in [5.74, 6) is -0.542. The minimum atomic E-state index is -4.69. The lowest BCUT2D eigenvalue weighted by atomic mass is 10.0. The largest absolute Gasteiger partial charge is 0.422 e. The second-order valence-electron chi connectivity index (χ2n) is 9.67. The molecule has 1 aromatic carbocycles. The van der Waals surface area contributed by atoms with Crippen LogP contribution in [0.5, 0.6) is 0 Å². The minimum absolute atomic E-state index is 0.0519. The Bertz CT molecular complexity index is 1470. The molecule has 37 heavy (non-hydrogen) atoms. The van der Waals surface area contributed by atoms with E-state index in [0.717, 1.165) is 6.07 Å². The Morgan fingerprint density at radius 1 is 1.03 bits per heavy atom. The van der Waals surface area contributed by atoms with Crippen LogP contribution < -0.4 is 4.90 Å². The molecule has 0 aliphatic carbocycles. The van der Waals surface area contributed by atoms with Gasteiger partial charge in [0.15, 0.2) is 11.4 Å². The summed E-state index contributed by atoms with van der Waals surface area (Å²) in [4.78, 5) is 29.0. The molecule has 0 spiro atoms. The average Bonchev–Trinajstić information content (AvgIpc) is 3.50. The Labute approximate surface area is 214 Å². The first-order valence-electron chi connectivity index (χ1n) is 11.5. The summed E-state index contributed by atoms with van der Waals surface area (Å²) in [5, 5.41) is 4.52. The first-order chi connectivity index (χ1) is 17.4. The fourth-order valence-corrected chi connectivity index (χ4v) is 4.16. The molecule has 1 amide bonds. The van der Waals surface area contributed by atoms with Gasteiger partial charge < -0.3 is 14.2 Å². The number of rotatable bonds is 3. The van der Waals surface area contributed by atoms with E-state index in [1.54, 1.807) is 12.1 Å². The van der Waals surface area contributed by atoms with Crippen LogP contribution in [0.1, 0.15) is 36.7 Å². The van der Waals surface area contributed by atoms with Crippen LogP contribution in [0.3, 0.4) is 0 Å². The zero-order chi connectivity index (χ0) is 26.5. The van der Waals surface area contributed by atoms with E-state index in [1.807, 2.05) is 25.7 Å². The standard InChI is InChI=1S/C24H23ClF3N7O2/c1-23(2,3)35-13-29-19(32-35)15-5-4-14(12-16(15)24(26,27)28)21(36)33-8-10-34(11-9-33)22-31-20-17(37-22)6-7-18(25)30-20/h4-7,12-13H,8-11H2,1-3H3. The summed E-state index contributed by atoms with van der Waals surface area (Å²) in [7, 11) is 0. The average molecular weight is 534 g/mol. The maximum Gasteiger partial charge on any atom is 0.417 e. The van der Waals surface area contributed by atoms with Crippen molar-refractivity contribution in [3.8, 4) is 11.4 Å². The van der Waals surface area contributed by atoms with Crippen molar-refractivity contribution < 1.29 is 22.4 Å². The summed E-state index contributed by atoms with van der Waals surface area (Å²) in [5.41, 5.74) is -0.770. The zero-order valence-corrected chi connectivity index (χ0v) is 21.0. The molecule has 1 aliphatic rings. The number of anilines is 1. The van der Waals surface area contributed by atoms with Gasteiger partial charge in [-0.05, 0) is 51.1 Å². The highest BCUT2D eigenvalue weighted by atomic mass is 35.5. The van der Waals surface area contributed by atoms with E-state index < -0.39 is 23.2 Å². The Morgan fingerprint density at radius 2 is 1.76 bits per heavy atom. The molecule has 4 aromatic rings. The fourth-order valence-electron chi connectivity index (χ4n) is 4.02. The van der Waals surface area contributed by atoms with Gasteiger partial charge in [-0.3, -0.25) is 4.79 Å². The van der Waals surface area contributed by atoms with Crippen LogP contribution in [0.25, 0.3) is 22.6 Å². The lowest BCUT2D eigenvalue weighted by Crippen LogP contribution is -2.49. The monoisotopic (exact) mass is 533 g/mol. The van der Waals surface area contributed by atoms with Crippen molar-refractivity contribution in [3.63, 3.8) is 0 Å². The van der Waals surface area contributed by atoms with Gasteiger partial charge >= 0.3 is 6.18 Å². The van der Waals surface area contributed by atoms with Gasteiger partial charge in [-0.25, -0.2) is 14.6 Å². The molecule has 4 heterocycles. The number of oxazole rings is 1. The van der Waals surface area contributed by atoms with Crippen molar-refractivity contribution in [2.75, 3.05) is 31.1 Å². The molecule has 1 fully saturated rings. The molecule has 0 atom stereocenters. The lowest BCUT2D eigenvalue weighted by molar-refractivity contribution is -0.137. The van der Waals surface area contributed by atoms with Crippen molar-refractivity contribution in [2.24, 2.45) is 0 Å². The number of amides is 1. The van der Waals surface area contributed by atoms with E-state index in [4.69, 9.17) is 16.0 Å². The van der Waals surface area contributed by atoms with Crippen LogP contribution in [-0.4, -0.2) is 61.7 Å². The first kappa shape index (κ1) is 25.0. The van der Waals surface area contributed by atoms with Gasteiger partial charge in [0.05, 0.1) is 11.1 Å². The van der Waals surface area contributed by atoms with Crippen LogP contribution in [0, 0.1) is 0 Å². The first-order valence-corrected chi connectivity index (χ1v) is 11.9. The number of nitrogens with zero attached hydrogens (tertiary/aromatic N) is 7. The van der Waals surface area contributed by atoms with Crippen molar-refractivity contribution in [1.82, 2.24) is 29.6 Å². The number of fused-ring (bicyclic) bond motifs is 1. The molecule has 5 rings (SSSR count). The number of carbonyl (C=O) groups excluding carboxylic acids is 1. The molecule has 13 heteroatoms. The van der Waals surface area contributed by atoms with E-state index >= 15 is 0 Å². The highest BCUT2D eigenvalue weighted by Gasteiger charge is 2.36. The maximum absolute atomic E-state index is 14.0. The number of piperazine rings is 1. The third-order valence-electron chi connectivity index (χ3n) is 6.04. The number of carbonyl (C=O) groups is 1. The Hall–Kier alpha value is -3.67. The third-order valence-corrected chi connectivity index (χ3v) is 6.25. The third kappa shape index (κ3) is 4.97. The van der Waals surface area contributed by atoms with Crippen molar-refractivity contribution >= 4 is 34.8 Å². The summed E-state index contributed by atoms with van der Waals surface area (Å²) in [6, 6.07) is 7.13. The molecule has 0 N–H and O–H groups in total. The minimum Gasteiger partial charge on any atom is -0.422 e. The number of pyridine rings is 1. The van der Waals surface area contributed by atoms with Crippen LogP contribution >= 0.6 is 11.6 Å². The number of halogens is 4. The molecule has 1 aliphatic heterocycles. The van der Waals surface area contributed by atoms with Crippen LogP contribution in [0.15, 0.2) is 41.1 Å². The number of hydrogen-bond donors (Lipinski definition) is 0. The van der Waals surface area contributed by atoms with E-state index in [1.165, 1.54) is 28.0 Å². The predicted molar refractivity (Wildman–Crippen MR) is 130 cm³/mol. The summed E-state index contributed by atoms with van der Waals surface area (Å²) in [6.07, 6.45) is -3.29. The molecule has 0 saturated carbocycles. The van der Waals surface area contributed by atoms with Crippen molar-refractivity contribution in [2.45, 2.75) is 32.5 Å². The Kier molecular flexibility index (Phi) is 6.09. The second-order valence-corrected chi connectivity index (χ2v) is 10.1. The van der Waals surface area contributed by atoms with Crippen LogP contribution in [0.2, 0.25) is 5.15 Å². The smallest absolute Gasteiger partial charge is 0.417 e. The second kappa shape index (κ2) is 9.02. The van der Waals surface area contributed by atoms with Gasteiger partial charge in [0.2, 0.25) is 5.65 Å². The molecule has 1 saturated heterocycles. The highest BCUT2D eigenvalue weighted by Crippen LogP contribution is 2.37. The quantitative estimate of drug-likeness (QED) is 0.347. The van der Waals surface area contributed by atoms with Gasteiger partial charge in [-0.15, -0.1) is 0 Å². The number of aromatic nitrogens is 5. The van der Waals surface area contributed by atoms with E-state index in [-0.39, 0.29) is 30.0 Å². The van der Waals surface area contributed by atoms with Gasteiger partial charge in [-0.2, -0.15) is 23.3 Å². The van der Waals surface area contributed by atoms with Crippen LogP contribution in [0.4, 0.5) is 19.2 Å². The molecule has 9 nitrogen and oxygen atoms in total. The molecule has 0 bridgehead atoms. The van der Waals surface area contributed by atoms with Gasteiger partial charge in [0.25, 0.3) is 11.9 Å². The highest BCUT2D eigenvalue weighted by molar-refractivity contribution is 6.29. The Balaban J connectivity index is 1.34.